The van der Waals surface area contributed by atoms with E-state index in [1.807, 2.05) is 24.3 Å². The zero-order valence-corrected chi connectivity index (χ0v) is 11.2. The molecule has 0 spiro atoms. The summed E-state index contributed by atoms with van der Waals surface area (Å²) < 4.78 is 20.2. The highest BCUT2D eigenvalue weighted by atomic mass is 79.9. The molecule has 3 rings (SSSR count). The highest BCUT2D eigenvalue weighted by Gasteiger charge is 2.13. The number of benzene rings is 2. The second-order valence-electron chi connectivity index (χ2n) is 4.22. The van der Waals surface area contributed by atoms with Crippen molar-refractivity contribution in [1.82, 2.24) is 0 Å². The average molecular weight is 306 g/mol. The quantitative estimate of drug-likeness (QED) is 0.749. The van der Waals surface area contributed by atoms with E-state index >= 15 is 0 Å². The SMILES string of the molecule is Fc1cc(Br)ccc1-c1ccc2c(c1)OCC[CH]2. The van der Waals surface area contributed by atoms with Crippen LogP contribution in [0.3, 0.4) is 0 Å². The van der Waals surface area contributed by atoms with Gasteiger partial charge in [-0.25, -0.2) is 4.39 Å². The van der Waals surface area contributed by atoms with Gasteiger partial charge in [-0.3, -0.25) is 0 Å². The molecule has 1 nitrogen and oxygen atoms in total. The lowest BCUT2D eigenvalue weighted by molar-refractivity contribution is 0.306. The molecule has 1 aliphatic rings. The Morgan fingerprint density at radius 2 is 2.00 bits per heavy atom. The van der Waals surface area contributed by atoms with Gasteiger partial charge in [-0.15, -0.1) is 0 Å². The van der Waals surface area contributed by atoms with Crippen LogP contribution >= 0.6 is 15.9 Å². The minimum atomic E-state index is -0.232. The summed E-state index contributed by atoms with van der Waals surface area (Å²) in [7, 11) is 0. The summed E-state index contributed by atoms with van der Waals surface area (Å²) in [6.07, 6.45) is 3.07. The fourth-order valence-corrected chi connectivity index (χ4v) is 2.44. The Hall–Kier alpha value is -1.35. The van der Waals surface area contributed by atoms with E-state index in [1.54, 1.807) is 6.07 Å². The molecule has 18 heavy (non-hydrogen) atoms. The standard InChI is InChI=1S/C15H11BrFO/c16-12-5-6-13(14(17)9-12)11-4-3-10-2-1-7-18-15(10)8-11/h2-6,8-9H,1,7H2. The average Bonchev–Trinajstić information content (AvgIpc) is 2.38. The summed E-state index contributed by atoms with van der Waals surface area (Å²) >= 11 is 3.26. The largest absolute Gasteiger partial charge is 0.493 e. The second kappa shape index (κ2) is 4.73. The van der Waals surface area contributed by atoms with E-state index in [2.05, 4.69) is 22.4 Å². The van der Waals surface area contributed by atoms with Crippen molar-refractivity contribution in [1.29, 1.82) is 0 Å². The summed E-state index contributed by atoms with van der Waals surface area (Å²) in [5, 5.41) is 0. The third-order valence-corrected chi connectivity index (χ3v) is 3.49. The minimum absolute atomic E-state index is 0.232. The van der Waals surface area contributed by atoms with Crippen LogP contribution in [-0.4, -0.2) is 6.61 Å². The normalized spacial score (nSPS) is 13.9. The van der Waals surface area contributed by atoms with E-state index in [9.17, 15) is 4.39 Å². The van der Waals surface area contributed by atoms with E-state index in [4.69, 9.17) is 4.74 Å². The van der Waals surface area contributed by atoms with Gasteiger partial charge in [0.25, 0.3) is 0 Å². The number of hydrogen-bond acceptors (Lipinski definition) is 1. The molecule has 0 amide bonds. The van der Waals surface area contributed by atoms with Crippen LogP contribution in [0.2, 0.25) is 0 Å². The molecule has 2 aromatic rings. The molecule has 3 heteroatoms. The fraction of sp³-hybridized carbons (Fsp3) is 0.133. The third-order valence-electron chi connectivity index (χ3n) is 3.00. The van der Waals surface area contributed by atoms with Crippen molar-refractivity contribution < 1.29 is 9.13 Å². The highest BCUT2D eigenvalue weighted by molar-refractivity contribution is 9.10. The molecular formula is C15H11BrFO. The van der Waals surface area contributed by atoms with Gasteiger partial charge in [-0.05, 0) is 42.2 Å². The zero-order chi connectivity index (χ0) is 12.5. The monoisotopic (exact) mass is 305 g/mol. The second-order valence-corrected chi connectivity index (χ2v) is 5.13. The van der Waals surface area contributed by atoms with Crippen LogP contribution in [0.25, 0.3) is 11.1 Å². The van der Waals surface area contributed by atoms with E-state index in [0.29, 0.717) is 12.2 Å². The van der Waals surface area contributed by atoms with Gasteiger partial charge in [-0.2, -0.15) is 0 Å². The fourth-order valence-electron chi connectivity index (χ4n) is 2.10. The number of fused-ring (bicyclic) bond motifs is 1. The molecule has 1 heterocycles. The molecule has 0 atom stereocenters. The molecule has 0 unspecified atom stereocenters. The van der Waals surface area contributed by atoms with Gasteiger partial charge >= 0.3 is 0 Å². The maximum absolute atomic E-state index is 13.9. The van der Waals surface area contributed by atoms with Crippen molar-refractivity contribution in [2.24, 2.45) is 0 Å². The Labute approximate surface area is 114 Å². The van der Waals surface area contributed by atoms with Gasteiger partial charge in [0, 0.05) is 10.0 Å². The summed E-state index contributed by atoms with van der Waals surface area (Å²) in [4.78, 5) is 0. The van der Waals surface area contributed by atoms with Crippen molar-refractivity contribution in [2.45, 2.75) is 6.42 Å². The topological polar surface area (TPSA) is 9.23 Å². The Balaban J connectivity index is 2.06. The van der Waals surface area contributed by atoms with E-state index in [0.717, 1.165) is 27.8 Å². The van der Waals surface area contributed by atoms with Crippen LogP contribution < -0.4 is 4.74 Å². The van der Waals surface area contributed by atoms with Crippen molar-refractivity contribution in [3.8, 4) is 16.9 Å². The van der Waals surface area contributed by atoms with Gasteiger partial charge in [0.2, 0.25) is 0 Å². The zero-order valence-electron chi connectivity index (χ0n) is 9.62. The number of ether oxygens (including phenoxy) is 1. The number of halogens is 2. The van der Waals surface area contributed by atoms with E-state index < -0.39 is 0 Å². The van der Waals surface area contributed by atoms with Gasteiger partial charge in [0.1, 0.15) is 11.6 Å². The van der Waals surface area contributed by atoms with Crippen LogP contribution in [-0.2, 0) is 0 Å². The molecule has 2 aromatic carbocycles. The van der Waals surface area contributed by atoms with Crippen molar-refractivity contribution >= 4 is 15.9 Å². The molecule has 0 fully saturated rings. The minimum Gasteiger partial charge on any atom is -0.493 e. The first-order chi connectivity index (χ1) is 8.74. The molecule has 0 saturated carbocycles. The van der Waals surface area contributed by atoms with Gasteiger partial charge in [-0.1, -0.05) is 34.1 Å². The van der Waals surface area contributed by atoms with Gasteiger partial charge in [0.15, 0.2) is 0 Å². The Morgan fingerprint density at radius 3 is 2.83 bits per heavy atom. The van der Waals surface area contributed by atoms with Crippen molar-refractivity contribution in [3.63, 3.8) is 0 Å². The predicted octanol–water partition coefficient (Wildman–Crippen LogP) is 4.59. The van der Waals surface area contributed by atoms with Crippen LogP contribution in [0.5, 0.6) is 5.75 Å². The lowest BCUT2D eigenvalue weighted by atomic mass is 9.99. The Morgan fingerprint density at radius 1 is 1.11 bits per heavy atom. The summed E-state index contributed by atoms with van der Waals surface area (Å²) in [5.41, 5.74) is 2.52. The maximum Gasteiger partial charge on any atom is 0.132 e. The molecule has 0 aliphatic carbocycles. The van der Waals surface area contributed by atoms with Crippen molar-refractivity contribution in [2.75, 3.05) is 6.61 Å². The van der Waals surface area contributed by atoms with Gasteiger partial charge < -0.3 is 4.74 Å². The molecule has 0 bridgehead atoms. The molecular weight excluding hydrogens is 295 g/mol. The first-order valence-corrected chi connectivity index (χ1v) is 6.59. The lowest BCUT2D eigenvalue weighted by Crippen LogP contribution is -2.06. The summed E-state index contributed by atoms with van der Waals surface area (Å²) in [6, 6.07) is 10.9. The molecule has 1 radical (unpaired) electrons. The van der Waals surface area contributed by atoms with Crippen LogP contribution in [0.15, 0.2) is 40.9 Å². The highest BCUT2D eigenvalue weighted by Crippen LogP contribution is 2.33. The van der Waals surface area contributed by atoms with E-state index in [1.165, 1.54) is 6.07 Å². The Bertz CT molecular complexity index is 595. The Kier molecular flexibility index (Phi) is 3.08. The first-order valence-electron chi connectivity index (χ1n) is 5.79. The van der Waals surface area contributed by atoms with Crippen LogP contribution in [0, 0.1) is 12.2 Å². The smallest absolute Gasteiger partial charge is 0.132 e. The molecule has 0 aromatic heterocycles. The van der Waals surface area contributed by atoms with E-state index in [-0.39, 0.29) is 5.82 Å². The molecule has 1 aliphatic heterocycles. The number of rotatable bonds is 1. The number of hydrogen-bond donors (Lipinski definition) is 0. The summed E-state index contributed by atoms with van der Waals surface area (Å²) in [5.74, 6) is 0.602. The lowest BCUT2D eigenvalue weighted by Gasteiger charge is -2.17. The third kappa shape index (κ3) is 2.15. The predicted molar refractivity (Wildman–Crippen MR) is 73.1 cm³/mol. The molecule has 91 valence electrons. The first kappa shape index (κ1) is 11.7. The molecule has 0 N–H and O–H groups in total. The van der Waals surface area contributed by atoms with Crippen molar-refractivity contribution in [3.05, 3.63) is 58.7 Å². The van der Waals surface area contributed by atoms with Crippen LogP contribution in [0.1, 0.15) is 12.0 Å². The van der Waals surface area contributed by atoms with Crippen LogP contribution in [0.4, 0.5) is 4.39 Å². The van der Waals surface area contributed by atoms with Gasteiger partial charge in [0.05, 0.1) is 6.61 Å². The molecule has 0 saturated heterocycles. The summed E-state index contributed by atoms with van der Waals surface area (Å²) in [6.45, 7) is 0.694. The maximum atomic E-state index is 13.9.